The third-order valence-electron chi connectivity index (χ3n) is 6.26. The maximum Gasteiger partial charge on any atom is 0.338 e. The number of hydrogen-bond acceptors (Lipinski definition) is 5. The Balaban J connectivity index is 1.44. The Labute approximate surface area is 181 Å². The van der Waals surface area contributed by atoms with Gasteiger partial charge in [-0.05, 0) is 56.4 Å². The maximum absolute atomic E-state index is 12.8. The molecule has 1 heterocycles. The lowest BCUT2D eigenvalue weighted by Crippen LogP contribution is -2.31. The van der Waals surface area contributed by atoms with Crippen LogP contribution in [0.15, 0.2) is 54.6 Å². The fourth-order valence-electron chi connectivity index (χ4n) is 4.51. The number of anilines is 1. The van der Waals surface area contributed by atoms with E-state index < -0.39 is 12.1 Å². The standard InChI is InChI=1S/C25H25NO5/c1-15-8-13-20-21(14-15)24(29)26(23(20)28)19-11-9-18(10-12-19)25(30)31-16(2)22(27)17-6-4-3-5-7-17/h3-7,9-12,15-16,20-21H,8,13-14H2,1-2H3/t15-,16-,20+,21+/m1/s1. The van der Waals surface area contributed by atoms with Crippen molar-refractivity contribution in [1.29, 1.82) is 0 Å². The first-order valence-corrected chi connectivity index (χ1v) is 10.6. The normalized spacial score (nSPS) is 23.9. The third-order valence-corrected chi connectivity index (χ3v) is 6.26. The summed E-state index contributed by atoms with van der Waals surface area (Å²) in [6.07, 6.45) is 1.51. The van der Waals surface area contributed by atoms with E-state index in [1.807, 2.05) is 0 Å². The molecule has 0 bridgehead atoms. The highest BCUT2D eigenvalue weighted by molar-refractivity contribution is 6.22. The molecule has 4 atom stereocenters. The molecule has 160 valence electrons. The number of imide groups is 1. The lowest BCUT2D eigenvalue weighted by molar-refractivity contribution is -0.122. The second kappa shape index (κ2) is 8.46. The summed E-state index contributed by atoms with van der Waals surface area (Å²) in [5.74, 6) is -1.27. The summed E-state index contributed by atoms with van der Waals surface area (Å²) in [4.78, 5) is 51.8. The van der Waals surface area contributed by atoms with Gasteiger partial charge in [0.05, 0.1) is 23.1 Å². The molecule has 1 saturated heterocycles. The quantitative estimate of drug-likeness (QED) is 0.415. The zero-order valence-corrected chi connectivity index (χ0v) is 17.6. The number of Topliss-reactive ketones (excluding diaryl/α,β-unsaturated/α-hetero) is 1. The molecule has 31 heavy (non-hydrogen) atoms. The number of amides is 2. The molecule has 0 spiro atoms. The summed E-state index contributed by atoms with van der Waals surface area (Å²) in [5, 5.41) is 0. The molecule has 2 aromatic rings. The van der Waals surface area contributed by atoms with Crippen LogP contribution in [0, 0.1) is 17.8 Å². The molecular weight excluding hydrogens is 394 g/mol. The number of rotatable bonds is 5. The number of nitrogens with zero attached hydrogens (tertiary/aromatic N) is 1. The molecule has 2 fully saturated rings. The van der Waals surface area contributed by atoms with Gasteiger partial charge in [0.1, 0.15) is 0 Å². The molecule has 2 aromatic carbocycles. The van der Waals surface area contributed by atoms with Gasteiger partial charge in [0.25, 0.3) is 0 Å². The largest absolute Gasteiger partial charge is 0.451 e. The third kappa shape index (κ3) is 4.02. The molecule has 0 aromatic heterocycles. The lowest BCUT2D eigenvalue weighted by atomic mass is 9.76. The summed E-state index contributed by atoms with van der Waals surface area (Å²) in [5.41, 5.74) is 1.18. The van der Waals surface area contributed by atoms with Crippen LogP contribution in [0.25, 0.3) is 0 Å². The van der Waals surface area contributed by atoms with Crippen LogP contribution >= 0.6 is 0 Å². The zero-order chi connectivity index (χ0) is 22.1. The van der Waals surface area contributed by atoms with Crippen LogP contribution in [0.2, 0.25) is 0 Å². The minimum Gasteiger partial charge on any atom is -0.451 e. The van der Waals surface area contributed by atoms with Gasteiger partial charge < -0.3 is 4.74 Å². The summed E-state index contributed by atoms with van der Waals surface area (Å²) in [6.45, 7) is 3.65. The van der Waals surface area contributed by atoms with Crippen LogP contribution in [0.4, 0.5) is 5.69 Å². The van der Waals surface area contributed by atoms with Crippen LogP contribution in [0.3, 0.4) is 0 Å². The number of ether oxygens (including phenoxy) is 1. The van der Waals surface area contributed by atoms with Crippen LogP contribution in [-0.4, -0.2) is 29.7 Å². The van der Waals surface area contributed by atoms with Crippen LogP contribution in [0.5, 0.6) is 0 Å². The van der Waals surface area contributed by atoms with E-state index in [0.29, 0.717) is 17.2 Å². The molecule has 6 heteroatoms. The van der Waals surface area contributed by atoms with Gasteiger partial charge in [0.15, 0.2) is 6.10 Å². The predicted molar refractivity (Wildman–Crippen MR) is 115 cm³/mol. The monoisotopic (exact) mass is 419 g/mol. The van der Waals surface area contributed by atoms with Gasteiger partial charge in [-0.1, -0.05) is 37.3 Å². The minimum absolute atomic E-state index is 0.153. The van der Waals surface area contributed by atoms with Crippen molar-refractivity contribution in [3.8, 4) is 0 Å². The van der Waals surface area contributed by atoms with Gasteiger partial charge >= 0.3 is 5.97 Å². The minimum atomic E-state index is -0.929. The molecule has 4 rings (SSSR count). The van der Waals surface area contributed by atoms with E-state index >= 15 is 0 Å². The first-order chi connectivity index (χ1) is 14.9. The van der Waals surface area contributed by atoms with Gasteiger partial charge in [0, 0.05) is 5.56 Å². The van der Waals surface area contributed by atoms with E-state index in [-0.39, 0.29) is 35.0 Å². The Kier molecular flexibility index (Phi) is 5.72. The number of benzene rings is 2. The fraction of sp³-hybridized carbons (Fsp3) is 0.360. The SMILES string of the molecule is C[C@@H]1CC[C@@H]2C(=O)N(c3ccc(C(=O)O[C@H](C)C(=O)c4ccccc4)cc3)C(=O)[C@H]2C1. The van der Waals surface area contributed by atoms with Crippen molar-refractivity contribution in [2.24, 2.45) is 17.8 Å². The Hall–Kier alpha value is -3.28. The Bertz CT molecular complexity index is 1010. The number of carbonyl (C=O) groups is 4. The van der Waals surface area contributed by atoms with E-state index in [9.17, 15) is 19.2 Å². The van der Waals surface area contributed by atoms with Crippen LogP contribution in [-0.2, 0) is 14.3 Å². The molecule has 1 aliphatic heterocycles. The van der Waals surface area contributed by atoms with Crippen molar-refractivity contribution in [3.05, 3.63) is 65.7 Å². The molecule has 0 radical (unpaired) electrons. The number of esters is 1. The van der Waals surface area contributed by atoms with Gasteiger partial charge in [-0.2, -0.15) is 0 Å². The van der Waals surface area contributed by atoms with Crippen LogP contribution < -0.4 is 4.90 Å². The first-order valence-electron chi connectivity index (χ1n) is 10.6. The number of hydrogen-bond donors (Lipinski definition) is 0. The molecule has 6 nitrogen and oxygen atoms in total. The Morgan fingerprint density at radius 2 is 1.55 bits per heavy atom. The van der Waals surface area contributed by atoms with Crippen molar-refractivity contribution >= 4 is 29.3 Å². The number of fused-ring (bicyclic) bond motifs is 1. The van der Waals surface area contributed by atoms with E-state index in [1.54, 1.807) is 42.5 Å². The van der Waals surface area contributed by atoms with Gasteiger partial charge in [-0.15, -0.1) is 0 Å². The zero-order valence-electron chi connectivity index (χ0n) is 17.6. The topological polar surface area (TPSA) is 80.8 Å². The average Bonchev–Trinajstić information content (AvgIpc) is 3.03. The van der Waals surface area contributed by atoms with Crippen LogP contribution in [0.1, 0.15) is 53.8 Å². The summed E-state index contributed by atoms with van der Waals surface area (Å²) >= 11 is 0. The van der Waals surface area contributed by atoms with Crippen molar-refractivity contribution in [1.82, 2.24) is 0 Å². The van der Waals surface area contributed by atoms with Crippen molar-refractivity contribution in [3.63, 3.8) is 0 Å². The maximum atomic E-state index is 12.8. The highest BCUT2D eigenvalue weighted by Gasteiger charge is 2.49. The highest BCUT2D eigenvalue weighted by Crippen LogP contribution is 2.42. The average molecular weight is 419 g/mol. The highest BCUT2D eigenvalue weighted by atomic mass is 16.5. The summed E-state index contributed by atoms with van der Waals surface area (Å²) in [7, 11) is 0. The van der Waals surface area contributed by atoms with Gasteiger partial charge in [-0.25, -0.2) is 4.79 Å². The number of ketones is 1. The fourth-order valence-corrected chi connectivity index (χ4v) is 4.51. The first kappa shape index (κ1) is 21.0. The van der Waals surface area contributed by atoms with Crippen molar-refractivity contribution in [2.75, 3.05) is 4.90 Å². The summed E-state index contributed by atoms with van der Waals surface area (Å²) in [6, 6.07) is 14.8. The van der Waals surface area contributed by atoms with Crippen molar-refractivity contribution < 1.29 is 23.9 Å². The molecule has 1 saturated carbocycles. The van der Waals surface area contributed by atoms with Gasteiger partial charge in [-0.3, -0.25) is 19.3 Å². The number of carbonyl (C=O) groups excluding carboxylic acids is 4. The molecule has 0 unspecified atom stereocenters. The van der Waals surface area contributed by atoms with E-state index in [1.165, 1.54) is 24.0 Å². The molecular formula is C25H25NO5. The van der Waals surface area contributed by atoms with Gasteiger partial charge in [0.2, 0.25) is 17.6 Å². The molecule has 0 N–H and O–H groups in total. The molecule has 2 amide bonds. The second-order valence-electron chi connectivity index (χ2n) is 8.47. The predicted octanol–water partition coefficient (Wildman–Crippen LogP) is 4.04. The van der Waals surface area contributed by atoms with E-state index in [4.69, 9.17) is 4.74 Å². The van der Waals surface area contributed by atoms with E-state index in [2.05, 4.69) is 6.92 Å². The second-order valence-corrected chi connectivity index (χ2v) is 8.47. The Morgan fingerprint density at radius 3 is 2.23 bits per heavy atom. The lowest BCUT2D eigenvalue weighted by Gasteiger charge is -2.25. The molecule has 2 aliphatic rings. The smallest absolute Gasteiger partial charge is 0.338 e. The molecule has 1 aliphatic carbocycles. The van der Waals surface area contributed by atoms with E-state index in [0.717, 1.165) is 19.3 Å². The van der Waals surface area contributed by atoms with Crippen molar-refractivity contribution in [2.45, 2.75) is 39.2 Å². The summed E-state index contributed by atoms with van der Waals surface area (Å²) < 4.78 is 5.31. The Morgan fingerprint density at radius 1 is 0.903 bits per heavy atom.